The number of carboxylic acid groups (broad SMARTS) is 1. The van der Waals surface area contributed by atoms with Gasteiger partial charge in [0.15, 0.2) is 0 Å². The number of fused-ring (bicyclic) bond motifs is 1. The van der Waals surface area contributed by atoms with E-state index in [0.29, 0.717) is 6.42 Å². The molecule has 2 aromatic rings. The number of carbonyl (C=O) groups is 1. The second-order valence-electron chi connectivity index (χ2n) is 5.19. The molecular formula is C15H15NO2S. The highest BCUT2D eigenvalue weighted by atomic mass is 32.2. The fourth-order valence-corrected chi connectivity index (χ4v) is 3.63. The van der Waals surface area contributed by atoms with Crippen LogP contribution in [0.25, 0.3) is 10.9 Å². The SMILES string of the molecule is O=C(O)CC1(CSc2ccnc3ccccc23)CC1. The Morgan fingerprint density at radius 1 is 1.32 bits per heavy atom. The van der Waals surface area contributed by atoms with Crippen LogP contribution in [0.15, 0.2) is 41.4 Å². The standard InChI is InChI=1S/C15H15NO2S/c17-14(18)9-15(6-7-15)10-19-13-5-8-16-12-4-2-1-3-11(12)13/h1-5,8H,6-7,9-10H2,(H,17,18). The number of rotatable bonds is 5. The molecule has 0 saturated heterocycles. The van der Waals surface area contributed by atoms with Crippen molar-refractivity contribution >= 4 is 28.6 Å². The molecule has 3 nitrogen and oxygen atoms in total. The average molecular weight is 273 g/mol. The lowest BCUT2D eigenvalue weighted by Gasteiger charge is -2.12. The molecule has 1 fully saturated rings. The summed E-state index contributed by atoms with van der Waals surface area (Å²) in [7, 11) is 0. The van der Waals surface area contributed by atoms with Crippen molar-refractivity contribution in [3.8, 4) is 0 Å². The monoisotopic (exact) mass is 273 g/mol. The fourth-order valence-electron chi connectivity index (χ4n) is 2.30. The van der Waals surface area contributed by atoms with Crippen LogP contribution in [-0.4, -0.2) is 21.8 Å². The van der Waals surface area contributed by atoms with Gasteiger partial charge >= 0.3 is 5.97 Å². The minimum atomic E-state index is -0.683. The summed E-state index contributed by atoms with van der Waals surface area (Å²) in [4.78, 5) is 16.4. The quantitative estimate of drug-likeness (QED) is 0.846. The molecule has 0 spiro atoms. The van der Waals surface area contributed by atoms with Crippen molar-refractivity contribution in [1.82, 2.24) is 4.98 Å². The Kier molecular flexibility index (Phi) is 3.19. The zero-order valence-electron chi connectivity index (χ0n) is 10.5. The molecule has 1 aliphatic rings. The lowest BCUT2D eigenvalue weighted by molar-refractivity contribution is -0.138. The molecule has 1 aromatic heterocycles. The molecule has 0 bridgehead atoms. The first-order valence-electron chi connectivity index (χ1n) is 6.37. The molecule has 1 aliphatic carbocycles. The first-order chi connectivity index (χ1) is 9.19. The van der Waals surface area contributed by atoms with E-state index in [-0.39, 0.29) is 5.41 Å². The minimum absolute atomic E-state index is 0.0286. The van der Waals surface area contributed by atoms with Crippen molar-refractivity contribution in [3.63, 3.8) is 0 Å². The van der Waals surface area contributed by atoms with Crippen LogP contribution in [0.1, 0.15) is 19.3 Å². The van der Waals surface area contributed by atoms with Gasteiger partial charge in [0.05, 0.1) is 11.9 Å². The van der Waals surface area contributed by atoms with E-state index < -0.39 is 5.97 Å². The second kappa shape index (κ2) is 4.85. The van der Waals surface area contributed by atoms with E-state index in [2.05, 4.69) is 11.1 Å². The van der Waals surface area contributed by atoms with Gasteiger partial charge < -0.3 is 5.11 Å². The van der Waals surface area contributed by atoms with E-state index in [1.807, 2.05) is 30.5 Å². The molecule has 0 atom stereocenters. The summed E-state index contributed by atoms with van der Waals surface area (Å²) in [6.07, 6.45) is 4.19. The molecule has 0 amide bonds. The number of hydrogen-bond donors (Lipinski definition) is 1. The number of benzene rings is 1. The van der Waals surface area contributed by atoms with Crippen LogP contribution in [-0.2, 0) is 4.79 Å². The third-order valence-electron chi connectivity index (χ3n) is 3.63. The van der Waals surface area contributed by atoms with E-state index in [4.69, 9.17) is 5.11 Å². The summed E-state index contributed by atoms with van der Waals surface area (Å²) in [5.74, 6) is 0.200. The summed E-state index contributed by atoms with van der Waals surface area (Å²) >= 11 is 1.76. The van der Waals surface area contributed by atoms with Crippen molar-refractivity contribution in [3.05, 3.63) is 36.5 Å². The Balaban J connectivity index is 1.77. The zero-order chi connectivity index (χ0) is 13.3. The van der Waals surface area contributed by atoms with Gasteiger partial charge in [0.2, 0.25) is 0 Å². The number of carboxylic acids is 1. The Morgan fingerprint density at radius 2 is 2.11 bits per heavy atom. The van der Waals surface area contributed by atoms with Crippen molar-refractivity contribution in [1.29, 1.82) is 0 Å². The third kappa shape index (κ3) is 2.73. The van der Waals surface area contributed by atoms with Gasteiger partial charge in [-0.2, -0.15) is 0 Å². The molecular weight excluding hydrogens is 258 g/mol. The van der Waals surface area contributed by atoms with Crippen molar-refractivity contribution < 1.29 is 9.90 Å². The van der Waals surface area contributed by atoms with E-state index in [0.717, 1.165) is 29.5 Å². The maximum atomic E-state index is 10.9. The molecule has 19 heavy (non-hydrogen) atoms. The van der Waals surface area contributed by atoms with Crippen LogP contribution >= 0.6 is 11.8 Å². The van der Waals surface area contributed by atoms with Gasteiger partial charge in [-0.3, -0.25) is 9.78 Å². The summed E-state index contributed by atoms with van der Waals surface area (Å²) in [6, 6.07) is 10.1. The molecule has 4 heteroatoms. The predicted molar refractivity (Wildman–Crippen MR) is 76.4 cm³/mol. The molecule has 1 aromatic carbocycles. The zero-order valence-corrected chi connectivity index (χ0v) is 11.3. The fraction of sp³-hybridized carbons (Fsp3) is 0.333. The van der Waals surface area contributed by atoms with Gasteiger partial charge in [0.1, 0.15) is 0 Å². The topological polar surface area (TPSA) is 50.2 Å². The van der Waals surface area contributed by atoms with E-state index in [1.54, 1.807) is 11.8 Å². The van der Waals surface area contributed by atoms with Gasteiger partial charge in [0.25, 0.3) is 0 Å². The largest absolute Gasteiger partial charge is 0.481 e. The third-order valence-corrected chi connectivity index (χ3v) is 5.05. The second-order valence-corrected chi connectivity index (χ2v) is 6.20. The van der Waals surface area contributed by atoms with Gasteiger partial charge in [-0.15, -0.1) is 11.8 Å². The van der Waals surface area contributed by atoms with Crippen molar-refractivity contribution in [2.75, 3.05) is 5.75 Å². The summed E-state index contributed by atoms with van der Waals surface area (Å²) in [6.45, 7) is 0. The average Bonchev–Trinajstić information content (AvgIpc) is 3.15. The van der Waals surface area contributed by atoms with E-state index in [1.165, 1.54) is 4.90 Å². The van der Waals surface area contributed by atoms with Crippen molar-refractivity contribution in [2.24, 2.45) is 5.41 Å². The summed E-state index contributed by atoms with van der Waals surface area (Å²) in [5.41, 5.74) is 1.02. The molecule has 1 N–H and O–H groups in total. The van der Waals surface area contributed by atoms with Crippen LogP contribution in [0.4, 0.5) is 0 Å². The summed E-state index contributed by atoms with van der Waals surface area (Å²) in [5, 5.41) is 10.1. The van der Waals surface area contributed by atoms with Crippen LogP contribution in [0, 0.1) is 5.41 Å². The molecule has 0 radical (unpaired) electrons. The highest BCUT2D eigenvalue weighted by Gasteiger charge is 2.44. The Morgan fingerprint density at radius 3 is 2.84 bits per heavy atom. The first-order valence-corrected chi connectivity index (χ1v) is 7.36. The smallest absolute Gasteiger partial charge is 0.303 e. The number of pyridine rings is 1. The van der Waals surface area contributed by atoms with Crippen LogP contribution in [0.5, 0.6) is 0 Å². The van der Waals surface area contributed by atoms with Gasteiger partial charge in [-0.1, -0.05) is 18.2 Å². The highest BCUT2D eigenvalue weighted by molar-refractivity contribution is 7.99. The van der Waals surface area contributed by atoms with E-state index in [9.17, 15) is 4.79 Å². The van der Waals surface area contributed by atoms with E-state index >= 15 is 0 Å². The first kappa shape index (κ1) is 12.5. The Labute approximate surface area is 116 Å². The number of thioether (sulfide) groups is 1. The number of aromatic nitrogens is 1. The molecule has 1 heterocycles. The number of aliphatic carboxylic acids is 1. The predicted octanol–water partition coefficient (Wildman–Crippen LogP) is 3.58. The minimum Gasteiger partial charge on any atom is -0.481 e. The van der Waals surface area contributed by atoms with Crippen LogP contribution in [0.2, 0.25) is 0 Å². The molecule has 0 unspecified atom stereocenters. The van der Waals surface area contributed by atoms with Gasteiger partial charge in [-0.25, -0.2) is 0 Å². The number of nitrogens with zero attached hydrogens (tertiary/aromatic N) is 1. The lowest BCUT2D eigenvalue weighted by atomic mass is 10.1. The molecule has 1 saturated carbocycles. The Hall–Kier alpha value is -1.55. The lowest BCUT2D eigenvalue weighted by Crippen LogP contribution is -2.10. The van der Waals surface area contributed by atoms with Crippen LogP contribution < -0.4 is 0 Å². The van der Waals surface area contributed by atoms with Gasteiger partial charge in [-0.05, 0) is 30.4 Å². The van der Waals surface area contributed by atoms with Crippen LogP contribution in [0.3, 0.4) is 0 Å². The highest BCUT2D eigenvalue weighted by Crippen LogP contribution is 2.52. The number of hydrogen-bond acceptors (Lipinski definition) is 3. The number of para-hydroxylation sites is 1. The maximum Gasteiger partial charge on any atom is 0.303 e. The Bertz CT molecular complexity index is 617. The molecule has 98 valence electrons. The van der Waals surface area contributed by atoms with Gasteiger partial charge in [0, 0.05) is 22.2 Å². The van der Waals surface area contributed by atoms with Crippen molar-refractivity contribution in [2.45, 2.75) is 24.2 Å². The maximum absolute atomic E-state index is 10.9. The molecule has 3 rings (SSSR count). The summed E-state index contributed by atoms with van der Waals surface area (Å²) < 4.78 is 0. The molecule has 0 aliphatic heterocycles. The normalized spacial score (nSPS) is 16.4.